The molecule has 1 nitrogen and oxygen atoms in total. The van der Waals surface area contributed by atoms with Crippen molar-refractivity contribution < 1.29 is 0 Å². The number of hydrogen-bond acceptors (Lipinski definition) is 1. The number of aryl methyl sites for hydroxylation is 1. The third kappa shape index (κ3) is 3.56. The quantitative estimate of drug-likeness (QED) is 0.527. The second-order valence-corrected chi connectivity index (χ2v) is 8.34. The Morgan fingerprint density at radius 3 is 2.72 bits per heavy atom. The zero-order chi connectivity index (χ0) is 19.6. The molecule has 2 aliphatic rings. The summed E-state index contributed by atoms with van der Waals surface area (Å²) in [4.78, 5) is 0. The Labute approximate surface area is 174 Å². The summed E-state index contributed by atoms with van der Waals surface area (Å²) in [6.45, 7) is 4.11. The molecule has 1 N–H and O–H groups in total. The van der Waals surface area contributed by atoms with E-state index in [0.29, 0.717) is 0 Å². The van der Waals surface area contributed by atoms with Crippen LogP contribution in [0, 0.1) is 0 Å². The highest BCUT2D eigenvalue weighted by Crippen LogP contribution is 2.41. The molecule has 0 spiro atoms. The van der Waals surface area contributed by atoms with Crippen LogP contribution in [0.1, 0.15) is 54.0 Å². The van der Waals surface area contributed by atoms with Crippen molar-refractivity contribution in [1.29, 1.82) is 0 Å². The largest absolute Gasteiger partial charge is 0.313 e. The van der Waals surface area contributed by atoms with Gasteiger partial charge in [0.05, 0.1) is 0 Å². The van der Waals surface area contributed by atoms with Crippen molar-refractivity contribution in [1.82, 2.24) is 5.32 Å². The van der Waals surface area contributed by atoms with Gasteiger partial charge in [-0.25, -0.2) is 0 Å². The minimum Gasteiger partial charge on any atom is -0.313 e. The van der Waals surface area contributed by atoms with E-state index in [1.165, 1.54) is 64.3 Å². The molecule has 146 valence electrons. The summed E-state index contributed by atoms with van der Waals surface area (Å²) in [5.41, 5.74) is 10.4. The molecule has 0 radical (unpaired) electrons. The van der Waals surface area contributed by atoms with Crippen molar-refractivity contribution in [3.8, 4) is 0 Å². The Morgan fingerprint density at radius 1 is 0.897 bits per heavy atom. The number of nitrogens with one attached hydrogen (secondary N) is 1. The standard InChI is InChI=1S/C28H29N/c1-2-29-19-21-8-5-7-20(17-21)18-24-11-6-10-23-14-15-26-25-12-4-3-9-22(25)13-16-27(26)28(23)24/h4-8,10-12,14-15,17,29H,2-3,9,13,16,18-19H2,1H3. The molecular formula is C28H29N. The van der Waals surface area contributed by atoms with E-state index >= 15 is 0 Å². The van der Waals surface area contributed by atoms with Gasteiger partial charge in [-0.3, -0.25) is 0 Å². The molecule has 0 aliphatic heterocycles. The van der Waals surface area contributed by atoms with E-state index in [2.05, 4.69) is 79.0 Å². The van der Waals surface area contributed by atoms with Gasteiger partial charge in [0.15, 0.2) is 0 Å². The van der Waals surface area contributed by atoms with E-state index in [4.69, 9.17) is 0 Å². The molecule has 0 saturated carbocycles. The molecule has 3 aromatic carbocycles. The number of fused-ring (bicyclic) bond motifs is 4. The smallest absolute Gasteiger partial charge is 0.0205 e. The van der Waals surface area contributed by atoms with Crippen LogP contribution in [0.2, 0.25) is 0 Å². The molecule has 0 fully saturated rings. The van der Waals surface area contributed by atoms with E-state index in [-0.39, 0.29) is 0 Å². The van der Waals surface area contributed by atoms with E-state index < -0.39 is 0 Å². The summed E-state index contributed by atoms with van der Waals surface area (Å²) in [5, 5.41) is 6.32. The lowest BCUT2D eigenvalue weighted by atomic mass is 9.78. The average molecular weight is 380 g/mol. The van der Waals surface area contributed by atoms with Crippen molar-refractivity contribution in [3.63, 3.8) is 0 Å². The lowest BCUT2D eigenvalue weighted by molar-refractivity contribution is 0.726. The fourth-order valence-corrected chi connectivity index (χ4v) is 5.06. The third-order valence-corrected chi connectivity index (χ3v) is 6.45. The van der Waals surface area contributed by atoms with E-state index in [1.807, 2.05) is 0 Å². The highest BCUT2D eigenvalue weighted by Gasteiger charge is 2.21. The Morgan fingerprint density at radius 2 is 1.79 bits per heavy atom. The molecule has 29 heavy (non-hydrogen) atoms. The molecule has 3 aromatic rings. The molecule has 0 amide bonds. The minimum atomic E-state index is 0.943. The van der Waals surface area contributed by atoms with Gasteiger partial charge in [-0.15, -0.1) is 0 Å². The lowest BCUT2D eigenvalue weighted by Gasteiger charge is -2.26. The first kappa shape index (κ1) is 18.4. The second kappa shape index (κ2) is 8.00. The molecule has 0 atom stereocenters. The number of benzene rings is 3. The first-order chi connectivity index (χ1) is 14.3. The molecule has 0 heterocycles. The van der Waals surface area contributed by atoms with Crippen molar-refractivity contribution in [2.24, 2.45) is 0 Å². The SMILES string of the molecule is CCNCc1cccc(Cc2cccc3ccc4c(c23)CCC2=C4C=CCC2)c1. The van der Waals surface area contributed by atoms with Gasteiger partial charge in [0.25, 0.3) is 0 Å². The monoisotopic (exact) mass is 379 g/mol. The Kier molecular flexibility index (Phi) is 5.08. The van der Waals surface area contributed by atoms with Crippen LogP contribution in [0.25, 0.3) is 16.3 Å². The van der Waals surface area contributed by atoms with Gasteiger partial charge in [-0.05, 0) is 82.8 Å². The average Bonchev–Trinajstić information content (AvgIpc) is 2.77. The summed E-state index contributed by atoms with van der Waals surface area (Å²) in [5.74, 6) is 0. The van der Waals surface area contributed by atoms with Crippen LogP contribution in [-0.2, 0) is 19.4 Å². The van der Waals surface area contributed by atoms with Gasteiger partial charge >= 0.3 is 0 Å². The van der Waals surface area contributed by atoms with Crippen LogP contribution < -0.4 is 5.32 Å². The van der Waals surface area contributed by atoms with Crippen LogP contribution in [0.5, 0.6) is 0 Å². The summed E-state index contributed by atoms with van der Waals surface area (Å²) in [6, 6.07) is 20.6. The summed E-state index contributed by atoms with van der Waals surface area (Å²) in [7, 11) is 0. The highest BCUT2D eigenvalue weighted by molar-refractivity contribution is 5.96. The molecule has 1 heteroatoms. The van der Waals surface area contributed by atoms with Crippen LogP contribution in [0.4, 0.5) is 0 Å². The molecule has 2 aliphatic carbocycles. The number of allylic oxidation sites excluding steroid dienone is 4. The maximum absolute atomic E-state index is 3.44. The van der Waals surface area contributed by atoms with Crippen molar-refractivity contribution >= 4 is 16.3 Å². The van der Waals surface area contributed by atoms with Gasteiger partial charge in [-0.2, -0.15) is 0 Å². The normalized spacial score (nSPS) is 15.5. The first-order valence-corrected chi connectivity index (χ1v) is 11.0. The fourth-order valence-electron chi connectivity index (χ4n) is 5.06. The number of rotatable bonds is 5. The Bertz CT molecular complexity index is 1120. The third-order valence-electron chi connectivity index (χ3n) is 6.45. The van der Waals surface area contributed by atoms with Gasteiger partial charge < -0.3 is 5.32 Å². The summed E-state index contributed by atoms with van der Waals surface area (Å²) in [6.07, 6.45) is 10.6. The summed E-state index contributed by atoms with van der Waals surface area (Å²) < 4.78 is 0. The van der Waals surface area contributed by atoms with E-state index in [1.54, 1.807) is 11.1 Å². The van der Waals surface area contributed by atoms with Gasteiger partial charge in [0, 0.05) is 6.54 Å². The molecule has 0 aromatic heterocycles. The van der Waals surface area contributed by atoms with Gasteiger partial charge in [0.1, 0.15) is 0 Å². The molecule has 5 rings (SSSR count). The van der Waals surface area contributed by atoms with E-state index in [9.17, 15) is 0 Å². The zero-order valence-electron chi connectivity index (χ0n) is 17.3. The topological polar surface area (TPSA) is 12.0 Å². The first-order valence-electron chi connectivity index (χ1n) is 11.0. The summed E-state index contributed by atoms with van der Waals surface area (Å²) >= 11 is 0. The van der Waals surface area contributed by atoms with E-state index in [0.717, 1.165) is 19.5 Å². The highest BCUT2D eigenvalue weighted by atomic mass is 14.8. The van der Waals surface area contributed by atoms with Crippen LogP contribution in [-0.4, -0.2) is 6.54 Å². The maximum Gasteiger partial charge on any atom is 0.0205 e. The number of hydrogen-bond donors (Lipinski definition) is 1. The maximum atomic E-state index is 3.44. The van der Waals surface area contributed by atoms with Gasteiger partial charge in [-0.1, -0.05) is 79.2 Å². The van der Waals surface area contributed by atoms with Crippen LogP contribution in [0.3, 0.4) is 0 Å². The Balaban J connectivity index is 1.57. The predicted molar refractivity (Wildman–Crippen MR) is 124 cm³/mol. The van der Waals surface area contributed by atoms with Crippen molar-refractivity contribution in [2.75, 3.05) is 6.54 Å². The lowest BCUT2D eigenvalue weighted by Crippen LogP contribution is -2.11. The molecule has 0 bridgehead atoms. The fraction of sp³-hybridized carbons (Fsp3) is 0.286. The molecule has 0 saturated heterocycles. The molecule has 0 unspecified atom stereocenters. The minimum absolute atomic E-state index is 0.943. The van der Waals surface area contributed by atoms with Gasteiger partial charge in [0.2, 0.25) is 0 Å². The van der Waals surface area contributed by atoms with Crippen LogP contribution in [0.15, 0.2) is 72.3 Å². The van der Waals surface area contributed by atoms with Crippen molar-refractivity contribution in [3.05, 3.63) is 100 Å². The Hall–Kier alpha value is -2.64. The molecular weight excluding hydrogens is 350 g/mol. The predicted octanol–water partition coefficient (Wildman–Crippen LogP) is 6.59. The van der Waals surface area contributed by atoms with Crippen molar-refractivity contribution in [2.45, 2.75) is 45.6 Å². The second-order valence-electron chi connectivity index (χ2n) is 8.34. The zero-order valence-corrected chi connectivity index (χ0v) is 17.3. The van der Waals surface area contributed by atoms with Crippen LogP contribution >= 0.6 is 0 Å².